The molecule has 0 aromatic heterocycles. The van der Waals surface area contributed by atoms with Crippen molar-refractivity contribution in [3.8, 4) is 5.75 Å². The molecule has 1 heterocycles. The standard InChI is InChI=1S/C16H18F2N2O6/c1-16(2,3)26-15(24)20-10(14(22)23)6-12-13(21)19-9-4-7(17)8(18)5-11(9)25-12/h4-5,10,12H,6H2,1-3H3,(H,19,21)(H,20,24)(H,22,23)/t10-,12-/m0/s1. The van der Waals surface area contributed by atoms with E-state index in [0.717, 1.165) is 12.1 Å². The second kappa shape index (κ2) is 7.14. The minimum absolute atomic E-state index is 0.0721. The molecule has 0 aliphatic carbocycles. The number of amides is 2. The van der Waals surface area contributed by atoms with Gasteiger partial charge in [-0.15, -0.1) is 0 Å². The van der Waals surface area contributed by atoms with E-state index in [-0.39, 0.29) is 11.4 Å². The minimum atomic E-state index is -1.49. The Morgan fingerprint density at radius 1 is 1.35 bits per heavy atom. The van der Waals surface area contributed by atoms with E-state index in [9.17, 15) is 28.3 Å². The number of carboxylic acids is 1. The lowest BCUT2D eigenvalue weighted by molar-refractivity contribution is -0.140. The summed E-state index contributed by atoms with van der Waals surface area (Å²) in [5.74, 6) is -4.65. The van der Waals surface area contributed by atoms with E-state index in [4.69, 9.17) is 9.47 Å². The van der Waals surface area contributed by atoms with Crippen LogP contribution in [0.1, 0.15) is 27.2 Å². The molecule has 10 heteroatoms. The predicted octanol–water partition coefficient (Wildman–Crippen LogP) is 2.03. The predicted molar refractivity (Wildman–Crippen MR) is 84.8 cm³/mol. The number of aliphatic carboxylic acids is 1. The van der Waals surface area contributed by atoms with Crippen molar-refractivity contribution in [1.82, 2.24) is 5.32 Å². The number of carbonyl (C=O) groups excluding carboxylic acids is 2. The van der Waals surface area contributed by atoms with Gasteiger partial charge in [0.2, 0.25) is 0 Å². The molecule has 0 spiro atoms. The van der Waals surface area contributed by atoms with E-state index in [1.807, 2.05) is 0 Å². The molecule has 1 aliphatic heterocycles. The van der Waals surface area contributed by atoms with Crippen molar-refractivity contribution in [2.45, 2.75) is 44.9 Å². The fourth-order valence-electron chi connectivity index (χ4n) is 2.18. The Bertz CT molecular complexity index is 747. The fraction of sp³-hybridized carbons (Fsp3) is 0.438. The highest BCUT2D eigenvalue weighted by molar-refractivity contribution is 5.98. The van der Waals surface area contributed by atoms with E-state index in [0.29, 0.717) is 0 Å². The summed E-state index contributed by atoms with van der Waals surface area (Å²) in [6, 6.07) is 0.00748. The molecule has 0 fully saturated rings. The minimum Gasteiger partial charge on any atom is -0.480 e. The lowest BCUT2D eigenvalue weighted by atomic mass is 10.1. The van der Waals surface area contributed by atoms with Gasteiger partial charge in [0.1, 0.15) is 17.4 Å². The maximum Gasteiger partial charge on any atom is 0.408 e. The number of ether oxygens (including phenoxy) is 2. The zero-order valence-electron chi connectivity index (χ0n) is 14.3. The molecule has 2 amide bonds. The molecular weight excluding hydrogens is 354 g/mol. The molecule has 142 valence electrons. The normalized spacial score (nSPS) is 17.4. The number of anilines is 1. The summed E-state index contributed by atoms with van der Waals surface area (Å²) in [6.45, 7) is 4.81. The second-order valence-electron chi connectivity index (χ2n) is 6.63. The van der Waals surface area contributed by atoms with Gasteiger partial charge in [0.15, 0.2) is 17.7 Å². The van der Waals surface area contributed by atoms with Crippen molar-refractivity contribution in [2.75, 3.05) is 5.32 Å². The Labute approximate surface area is 147 Å². The van der Waals surface area contributed by atoms with E-state index in [2.05, 4.69) is 10.6 Å². The maximum absolute atomic E-state index is 13.3. The average Bonchev–Trinajstić information content (AvgIpc) is 2.47. The summed E-state index contributed by atoms with van der Waals surface area (Å²) in [6.07, 6.45) is -2.75. The maximum atomic E-state index is 13.3. The van der Waals surface area contributed by atoms with Crippen LogP contribution in [0.5, 0.6) is 5.75 Å². The number of fused-ring (bicyclic) bond motifs is 1. The van der Waals surface area contributed by atoms with Crippen LogP contribution in [0.4, 0.5) is 19.3 Å². The molecule has 1 aromatic carbocycles. The van der Waals surface area contributed by atoms with Crippen molar-refractivity contribution < 1.29 is 37.7 Å². The van der Waals surface area contributed by atoms with Gasteiger partial charge < -0.3 is 25.2 Å². The van der Waals surface area contributed by atoms with E-state index in [1.165, 1.54) is 0 Å². The second-order valence-corrected chi connectivity index (χ2v) is 6.63. The van der Waals surface area contributed by atoms with Gasteiger partial charge in [0.05, 0.1) is 5.69 Å². The monoisotopic (exact) mass is 372 g/mol. The zero-order chi connectivity index (χ0) is 19.6. The van der Waals surface area contributed by atoms with Crippen LogP contribution in [0.15, 0.2) is 12.1 Å². The smallest absolute Gasteiger partial charge is 0.408 e. The first-order valence-electron chi connectivity index (χ1n) is 7.65. The summed E-state index contributed by atoms with van der Waals surface area (Å²) >= 11 is 0. The van der Waals surface area contributed by atoms with Crippen molar-refractivity contribution in [2.24, 2.45) is 0 Å². The van der Waals surface area contributed by atoms with Crippen molar-refractivity contribution in [3.05, 3.63) is 23.8 Å². The average molecular weight is 372 g/mol. The quantitative estimate of drug-likeness (QED) is 0.745. The van der Waals surface area contributed by atoms with Gasteiger partial charge in [-0.1, -0.05) is 0 Å². The highest BCUT2D eigenvalue weighted by Gasteiger charge is 2.35. The summed E-state index contributed by atoms with van der Waals surface area (Å²) in [5, 5.41) is 13.7. The van der Waals surface area contributed by atoms with Gasteiger partial charge in [-0.25, -0.2) is 18.4 Å². The number of benzene rings is 1. The Hall–Kier alpha value is -2.91. The van der Waals surface area contributed by atoms with Crippen LogP contribution >= 0.6 is 0 Å². The van der Waals surface area contributed by atoms with E-state index in [1.54, 1.807) is 20.8 Å². The summed E-state index contributed by atoms with van der Waals surface area (Å²) in [4.78, 5) is 35.1. The lowest BCUT2D eigenvalue weighted by Crippen LogP contribution is -2.48. The fourth-order valence-corrected chi connectivity index (χ4v) is 2.18. The van der Waals surface area contributed by atoms with Crippen LogP contribution in [-0.4, -0.2) is 40.8 Å². The number of hydrogen-bond donors (Lipinski definition) is 3. The number of carbonyl (C=O) groups is 3. The summed E-state index contributed by atoms with van der Waals surface area (Å²) in [5.41, 5.74) is -0.913. The molecule has 0 radical (unpaired) electrons. The van der Waals surface area contributed by atoms with Crippen molar-refractivity contribution in [1.29, 1.82) is 0 Å². The third kappa shape index (κ3) is 4.80. The Balaban J connectivity index is 2.11. The number of rotatable bonds is 4. The number of nitrogens with one attached hydrogen (secondary N) is 2. The molecular formula is C16H18F2N2O6. The van der Waals surface area contributed by atoms with Crippen LogP contribution < -0.4 is 15.4 Å². The molecule has 1 aromatic rings. The Kier molecular flexibility index (Phi) is 5.33. The first-order chi connectivity index (χ1) is 12.0. The molecule has 8 nitrogen and oxygen atoms in total. The molecule has 2 atom stereocenters. The highest BCUT2D eigenvalue weighted by Crippen LogP contribution is 2.32. The lowest BCUT2D eigenvalue weighted by Gasteiger charge is -2.28. The van der Waals surface area contributed by atoms with E-state index < -0.39 is 53.8 Å². The SMILES string of the molecule is CC(C)(C)OC(=O)N[C@@H](C[C@@H]1Oc2cc(F)c(F)cc2NC1=O)C(=O)O. The van der Waals surface area contributed by atoms with Gasteiger partial charge in [-0.3, -0.25) is 4.79 Å². The molecule has 0 saturated carbocycles. The van der Waals surface area contributed by atoms with Gasteiger partial charge in [0, 0.05) is 18.6 Å². The Morgan fingerprint density at radius 2 is 1.96 bits per heavy atom. The summed E-state index contributed by atoms with van der Waals surface area (Å²) in [7, 11) is 0. The molecule has 26 heavy (non-hydrogen) atoms. The van der Waals surface area contributed by atoms with Crippen LogP contribution in [0, 0.1) is 11.6 Å². The molecule has 3 N–H and O–H groups in total. The third-order valence-electron chi connectivity index (χ3n) is 3.28. The highest BCUT2D eigenvalue weighted by atomic mass is 19.2. The summed E-state index contributed by atoms with van der Waals surface area (Å²) < 4.78 is 36.8. The van der Waals surface area contributed by atoms with Gasteiger partial charge >= 0.3 is 12.1 Å². The first kappa shape index (κ1) is 19.4. The number of alkyl carbamates (subject to hydrolysis) is 1. The number of hydrogen-bond acceptors (Lipinski definition) is 5. The molecule has 2 rings (SSSR count). The Morgan fingerprint density at radius 3 is 2.54 bits per heavy atom. The third-order valence-corrected chi connectivity index (χ3v) is 3.28. The molecule has 0 bridgehead atoms. The number of halogens is 2. The molecule has 0 saturated heterocycles. The molecule has 1 aliphatic rings. The number of carboxylic acid groups (broad SMARTS) is 1. The van der Waals surface area contributed by atoms with Gasteiger partial charge in [0.25, 0.3) is 5.91 Å². The van der Waals surface area contributed by atoms with Crippen molar-refractivity contribution in [3.63, 3.8) is 0 Å². The topological polar surface area (TPSA) is 114 Å². The zero-order valence-corrected chi connectivity index (χ0v) is 14.3. The van der Waals surface area contributed by atoms with Crippen LogP contribution in [0.2, 0.25) is 0 Å². The molecule has 0 unspecified atom stereocenters. The largest absolute Gasteiger partial charge is 0.480 e. The van der Waals surface area contributed by atoms with E-state index >= 15 is 0 Å². The van der Waals surface area contributed by atoms with Crippen LogP contribution in [0.3, 0.4) is 0 Å². The van der Waals surface area contributed by atoms with Crippen molar-refractivity contribution >= 4 is 23.7 Å². The first-order valence-corrected chi connectivity index (χ1v) is 7.65. The van der Waals surface area contributed by atoms with Gasteiger partial charge in [-0.2, -0.15) is 0 Å². The van der Waals surface area contributed by atoms with Gasteiger partial charge in [-0.05, 0) is 20.8 Å². The van der Waals surface area contributed by atoms with Crippen LogP contribution in [0.25, 0.3) is 0 Å². The van der Waals surface area contributed by atoms with Crippen LogP contribution in [-0.2, 0) is 14.3 Å².